The molecule has 0 atom stereocenters. The van der Waals surface area contributed by atoms with Gasteiger partial charge in [-0.1, -0.05) is 31.9 Å². The van der Waals surface area contributed by atoms with Crippen molar-refractivity contribution in [3.05, 3.63) is 59.9 Å². The first-order valence-corrected chi connectivity index (χ1v) is 10.7. The fraction of sp³-hybridized carbons (Fsp3) is 0.350. The van der Waals surface area contributed by atoms with Crippen LogP contribution in [0.2, 0.25) is 0 Å². The van der Waals surface area contributed by atoms with Gasteiger partial charge in [-0.25, -0.2) is 12.8 Å². The molecule has 0 saturated carbocycles. The quantitative estimate of drug-likeness (QED) is 0.623. The molecule has 0 saturated heterocycles. The van der Waals surface area contributed by atoms with Crippen LogP contribution in [0.4, 0.5) is 4.39 Å². The molecule has 146 valence electrons. The van der Waals surface area contributed by atoms with Crippen molar-refractivity contribution in [2.75, 3.05) is 11.5 Å². The van der Waals surface area contributed by atoms with E-state index in [2.05, 4.69) is 5.32 Å². The van der Waals surface area contributed by atoms with Crippen LogP contribution in [0.3, 0.4) is 0 Å². The van der Waals surface area contributed by atoms with Gasteiger partial charge in [0.15, 0.2) is 9.84 Å². The second-order valence-corrected chi connectivity index (χ2v) is 8.46. The maximum Gasteiger partial charge on any atom is 0.235 e. The van der Waals surface area contributed by atoms with Gasteiger partial charge in [0.2, 0.25) is 5.91 Å². The maximum absolute atomic E-state index is 12.9. The molecular formula is C20H24FNO4S. The van der Waals surface area contributed by atoms with Crippen LogP contribution in [0.1, 0.15) is 31.7 Å². The van der Waals surface area contributed by atoms with Crippen molar-refractivity contribution in [2.24, 2.45) is 0 Å². The molecule has 0 heterocycles. The third kappa shape index (κ3) is 7.78. The highest BCUT2D eigenvalue weighted by atomic mass is 32.2. The molecule has 7 heteroatoms. The summed E-state index contributed by atoms with van der Waals surface area (Å²) in [4.78, 5) is 11.9. The first kappa shape index (κ1) is 20.9. The maximum atomic E-state index is 12.9. The van der Waals surface area contributed by atoms with E-state index in [0.29, 0.717) is 17.9 Å². The van der Waals surface area contributed by atoms with Crippen LogP contribution in [-0.2, 0) is 21.2 Å². The minimum absolute atomic E-state index is 0.0453. The van der Waals surface area contributed by atoms with Gasteiger partial charge in [0, 0.05) is 6.54 Å². The molecule has 0 aromatic heterocycles. The van der Waals surface area contributed by atoms with Gasteiger partial charge in [0.25, 0.3) is 0 Å². The third-order valence-corrected chi connectivity index (χ3v) is 5.48. The van der Waals surface area contributed by atoms with Gasteiger partial charge in [-0.2, -0.15) is 0 Å². The first-order valence-electron chi connectivity index (χ1n) is 8.87. The summed E-state index contributed by atoms with van der Waals surface area (Å²) >= 11 is 0. The summed E-state index contributed by atoms with van der Waals surface area (Å²) in [6.45, 7) is 2.23. The number of sulfone groups is 1. The van der Waals surface area contributed by atoms with Gasteiger partial charge < -0.3 is 10.1 Å². The number of benzene rings is 2. The molecule has 27 heavy (non-hydrogen) atoms. The van der Waals surface area contributed by atoms with Crippen LogP contribution in [0.5, 0.6) is 11.5 Å². The second kappa shape index (κ2) is 10.1. The van der Waals surface area contributed by atoms with Crippen LogP contribution >= 0.6 is 0 Å². The van der Waals surface area contributed by atoms with Crippen molar-refractivity contribution in [2.45, 2.75) is 32.7 Å². The van der Waals surface area contributed by atoms with Crippen molar-refractivity contribution in [1.82, 2.24) is 5.32 Å². The largest absolute Gasteiger partial charge is 0.457 e. The number of ether oxygens (including phenoxy) is 1. The molecule has 0 aliphatic carbocycles. The van der Waals surface area contributed by atoms with Crippen LogP contribution < -0.4 is 10.1 Å². The van der Waals surface area contributed by atoms with Crippen LogP contribution in [-0.4, -0.2) is 25.8 Å². The summed E-state index contributed by atoms with van der Waals surface area (Å²) in [6.07, 6.45) is 2.36. The molecule has 1 N–H and O–H groups in total. The van der Waals surface area contributed by atoms with E-state index in [9.17, 15) is 17.6 Å². The van der Waals surface area contributed by atoms with E-state index >= 15 is 0 Å². The fourth-order valence-electron chi connectivity index (χ4n) is 2.41. The van der Waals surface area contributed by atoms with Crippen LogP contribution in [0.25, 0.3) is 0 Å². The highest BCUT2D eigenvalue weighted by Gasteiger charge is 2.15. The number of rotatable bonds is 10. The molecule has 2 aromatic rings. The molecule has 0 bridgehead atoms. The van der Waals surface area contributed by atoms with Gasteiger partial charge >= 0.3 is 0 Å². The minimum Gasteiger partial charge on any atom is -0.457 e. The molecule has 2 rings (SSSR count). The van der Waals surface area contributed by atoms with E-state index in [1.807, 2.05) is 6.92 Å². The Labute approximate surface area is 159 Å². The van der Waals surface area contributed by atoms with E-state index in [4.69, 9.17) is 4.74 Å². The molecule has 0 radical (unpaired) electrons. The van der Waals surface area contributed by atoms with E-state index in [-0.39, 0.29) is 18.1 Å². The SMILES string of the molecule is CCCCCS(=O)(=O)CC(=O)NCc1ccc(Oc2ccc(F)cc2)cc1. The van der Waals surface area contributed by atoms with Crippen LogP contribution in [0, 0.1) is 5.82 Å². The molecule has 5 nitrogen and oxygen atoms in total. The summed E-state index contributed by atoms with van der Waals surface area (Å²) < 4.78 is 42.2. The summed E-state index contributed by atoms with van der Waals surface area (Å²) in [7, 11) is -3.36. The Kier molecular flexibility index (Phi) is 7.79. The van der Waals surface area contributed by atoms with E-state index in [1.165, 1.54) is 24.3 Å². The normalized spacial score (nSPS) is 11.2. The number of nitrogens with one attached hydrogen (secondary N) is 1. The van der Waals surface area contributed by atoms with E-state index in [0.717, 1.165) is 18.4 Å². The van der Waals surface area contributed by atoms with Gasteiger partial charge in [0.05, 0.1) is 5.75 Å². The van der Waals surface area contributed by atoms with Crippen molar-refractivity contribution in [3.8, 4) is 11.5 Å². The molecule has 2 aromatic carbocycles. The average Bonchev–Trinajstić information content (AvgIpc) is 2.63. The summed E-state index contributed by atoms with van der Waals surface area (Å²) in [5.74, 6) is -0.175. The van der Waals surface area contributed by atoms with Gasteiger partial charge in [-0.15, -0.1) is 0 Å². The van der Waals surface area contributed by atoms with Gasteiger partial charge in [-0.3, -0.25) is 4.79 Å². The lowest BCUT2D eigenvalue weighted by Crippen LogP contribution is -2.30. The predicted molar refractivity (Wildman–Crippen MR) is 103 cm³/mol. The standard InChI is InChI=1S/C20H24FNO4S/c1-2-3-4-13-27(24,25)15-20(23)22-14-16-5-9-18(10-6-16)26-19-11-7-17(21)8-12-19/h5-12H,2-4,13-15H2,1H3,(H,22,23). The number of unbranched alkanes of at least 4 members (excludes halogenated alkanes) is 2. The number of carbonyl (C=O) groups is 1. The number of carbonyl (C=O) groups excluding carboxylic acids is 1. The lowest BCUT2D eigenvalue weighted by Gasteiger charge is -2.08. The van der Waals surface area contributed by atoms with Gasteiger partial charge in [-0.05, 0) is 48.4 Å². The number of hydrogen-bond acceptors (Lipinski definition) is 4. The Morgan fingerprint density at radius 2 is 1.59 bits per heavy atom. The molecule has 0 aliphatic heterocycles. The predicted octanol–water partition coefficient (Wildman–Crippen LogP) is 3.84. The summed E-state index contributed by atoms with van der Waals surface area (Å²) in [6, 6.07) is 12.7. The van der Waals surface area contributed by atoms with Crippen molar-refractivity contribution < 1.29 is 22.3 Å². The van der Waals surface area contributed by atoms with Crippen molar-refractivity contribution >= 4 is 15.7 Å². The summed E-state index contributed by atoms with van der Waals surface area (Å²) in [5, 5.41) is 2.62. The highest BCUT2D eigenvalue weighted by molar-refractivity contribution is 7.92. The Bertz CT molecular complexity index is 833. The first-order chi connectivity index (χ1) is 12.9. The second-order valence-electron chi connectivity index (χ2n) is 6.28. The lowest BCUT2D eigenvalue weighted by atomic mass is 10.2. The Morgan fingerprint density at radius 3 is 2.19 bits per heavy atom. The zero-order valence-corrected chi connectivity index (χ0v) is 16.1. The van der Waals surface area contributed by atoms with Crippen molar-refractivity contribution in [3.63, 3.8) is 0 Å². The molecule has 0 fully saturated rings. The average molecular weight is 393 g/mol. The topological polar surface area (TPSA) is 72.5 Å². The Morgan fingerprint density at radius 1 is 1.00 bits per heavy atom. The lowest BCUT2D eigenvalue weighted by molar-refractivity contribution is -0.118. The minimum atomic E-state index is -3.36. The molecule has 0 unspecified atom stereocenters. The highest BCUT2D eigenvalue weighted by Crippen LogP contribution is 2.21. The molecule has 0 spiro atoms. The van der Waals surface area contributed by atoms with E-state index in [1.54, 1.807) is 24.3 Å². The monoisotopic (exact) mass is 393 g/mol. The number of amides is 1. The van der Waals surface area contributed by atoms with Crippen LogP contribution in [0.15, 0.2) is 48.5 Å². The smallest absolute Gasteiger partial charge is 0.235 e. The van der Waals surface area contributed by atoms with Crippen molar-refractivity contribution in [1.29, 1.82) is 0 Å². The molecule has 0 aliphatic rings. The Hall–Kier alpha value is -2.41. The third-order valence-electron chi connectivity index (χ3n) is 3.87. The molecule has 1 amide bonds. The Balaban J connectivity index is 1.80. The number of halogens is 1. The fourth-order valence-corrected chi connectivity index (χ4v) is 3.70. The summed E-state index contributed by atoms with van der Waals surface area (Å²) in [5.41, 5.74) is 0.818. The van der Waals surface area contributed by atoms with Gasteiger partial charge in [0.1, 0.15) is 23.1 Å². The molecular weight excluding hydrogens is 369 g/mol. The number of hydrogen-bond donors (Lipinski definition) is 1. The van der Waals surface area contributed by atoms with E-state index < -0.39 is 21.5 Å². The zero-order valence-electron chi connectivity index (χ0n) is 15.3. The zero-order chi connectivity index (χ0) is 19.7.